The van der Waals surface area contributed by atoms with E-state index in [1.165, 1.54) is 0 Å². The monoisotopic (exact) mass is 258 g/mol. The van der Waals surface area contributed by atoms with E-state index in [9.17, 15) is 9.59 Å². The third kappa shape index (κ3) is 5.97. The molecule has 18 heavy (non-hydrogen) atoms. The number of hydrogen-bond acceptors (Lipinski definition) is 4. The summed E-state index contributed by atoms with van der Waals surface area (Å²) in [4.78, 5) is 24.1. The minimum absolute atomic E-state index is 0.0332. The number of rotatable bonds is 7. The number of ether oxygens (including phenoxy) is 1. The van der Waals surface area contributed by atoms with Crippen molar-refractivity contribution in [2.45, 2.75) is 32.2 Å². The van der Waals surface area contributed by atoms with Crippen molar-refractivity contribution in [2.75, 3.05) is 32.8 Å². The van der Waals surface area contributed by atoms with E-state index in [0.29, 0.717) is 26.3 Å². The first-order valence-corrected chi connectivity index (χ1v) is 6.43. The van der Waals surface area contributed by atoms with Crippen LogP contribution in [0, 0.1) is 0 Å². The fourth-order valence-corrected chi connectivity index (χ4v) is 1.92. The molecule has 0 saturated carbocycles. The highest BCUT2D eigenvalue weighted by molar-refractivity contribution is 5.78. The van der Waals surface area contributed by atoms with Gasteiger partial charge < -0.3 is 15.2 Å². The number of carboxylic acid groups (broad SMARTS) is 1. The third-order valence-electron chi connectivity index (χ3n) is 3.04. The van der Waals surface area contributed by atoms with E-state index in [-0.39, 0.29) is 24.9 Å². The summed E-state index contributed by atoms with van der Waals surface area (Å²) in [6.45, 7) is 4.66. The van der Waals surface area contributed by atoms with Crippen LogP contribution in [0.3, 0.4) is 0 Å². The molecule has 1 heterocycles. The third-order valence-corrected chi connectivity index (χ3v) is 3.04. The van der Waals surface area contributed by atoms with Gasteiger partial charge in [-0.05, 0) is 19.4 Å². The molecule has 1 saturated heterocycles. The SMILES string of the molecule is CCN(CCC(=O)O)CC(=O)NC1CCOCC1. The van der Waals surface area contributed by atoms with Gasteiger partial charge in [-0.15, -0.1) is 0 Å². The summed E-state index contributed by atoms with van der Waals surface area (Å²) in [6.07, 6.45) is 1.78. The zero-order valence-corrected chi connectivity index (χ0v) is 10.9. The van der Waals surface area contributed by atoms with Crippen LogP contribution in [0.25, 0.3) is 0 Å². The second-order valence-corrected chi connectivity index (χ2v) is 4.47. The van der Waals surface area contributed by atoms with Gasteiger partial charge in [0.25, 0.3) is 0 Å². The number of hydrogen-bond donors (Lipinski definition) is 2. The Bertz CT molecular complexity index is 277. The van der Waals surface area contributed by atoms with Crippen LogP contribution < -0.4 is 5.32 Å². The van der Waals surface area contributed by atoms with Crippen LogP contribution in [-0.4, -0.2) is 60.8 Å². The van der Waals surface area contributed by atoms with Crippen LogP contribution >= 0.6 is 0 Å². The minimum atomic E-state index is -0.835. The number of aliphatic carboxylic acids is 1. The van der Waals surface area contributed by atoms with Gasteiger partial charge >= 0.3 is 5.97 Å². The van der Waals surface area contributed by atoms with Crippen LogP contribution in [0.5, 0.6) is 0 Å². The average molecular weight is 258 g/mol. The first-order valence-electron chi connectivity index (χ1n) is 6.43. The van der Waals surface area contributed by atoms with Gasteiger partial charge in [-0.2, -0.15) is 0 Å². The predicted octanol–water partition coefficient (Wildman–Crippen LogP) is 0.0782. The lowest BCUT2D eigenvalue weighted by Gasteiger charge is -2.25. The van der Waals surface area contributed by atoms with E-state index in [1.807, 2.05) is 11.8 Å². The van der Waals surface area contributed by atoms with Crippen LogP contribution in [0.1, 0.15) is 26.2 Å². The van der Waals surface area contributed by atoms with Crippen LogP contribution in [-0.2, 0) is 14.3 Å². The van der Waals surface area contributed by atoms with Crippen LogP contribution in [0.2, 0.25) is 0 Å². The Labute approximate surface area is 107 Å². The van der Waals surface area contributed by atoms with Crippen molar-refractivity contribution in [1.29, 1.82) is 0 Å². The Morgan fingerprint density at radius 2 is 2.06 bits per heavy atom. The number of nitrogens with zero attached hydrogens (tertiary/aromatic N) is 1. The summed E-state index contributed by atoms with van der Waals surface area (Å²) >= 11 is 0. The van der Waals surface area contributed by atoms with Gasteiger partial charge in [0, 0.05) is 25.8 Å². The van der Waals surface area contributed by atoms with Gasteiger partial charge in [-0.1, -0.05) is 6.92 Å². The standard InChI is InChI=1S/C12H22N2O4/c1-2-14(6-3-12(16)17)9-11(15)13-10-4-7-18-8-5-10/h10H,2-9H2,1H3,(H,13,15)(H,16,17). The number of carbonyl (C=O) groups excluding carboxylic acids is 1. The highest BCUT2D eigenvalue weighted by Crippen LogP contribution is 2.06. The molecule has 1 fully saturated rings. The topological polar surface area (TPSA) is 78.9 Å². The minimum Gasteiger partial charge on any atom is -0.481 e. The van der Waals surface area contributed by atoms with Crippen molar-refractivity contribution in [3.63, 3.8) is 0 Å². The Morgan fingerprint density at radius 1 is 1.39 bits per heavy atom. The normalized spacial score (nSPS) is 16.8. The molecule has 1 aliphatic rings. The molecule has 6 heteroatoms. The maximum absolute atomic E-state index is 11.8. The van der Waals surface area contributed by atoms with E-state index in [2.05, 4.69) is 5.32 Å². The van der Waals surface area contributed by atoms with Crippen molar-refractivity contribution < 1.29 is 19.4 Å². The molecule has 0 aliphatic carbocycles. The molecular formula is C12H22N2O4. The number of carboxylic acids is 1. The van der Waals surface area contributed by atoms with Crippen molar-refractivity contribution in [2.24, 2.45) is 0 Å². The first-order chi connectivity index (χ1) is 8.61. The van der Waals surface area contributed by atoms with Gasteiger partial charge in [0.2, 0.25) is 5.91 Å². The molecule has 2 N–H and O–H groups in total. The summed E-state index contributed by atoms with van der Waals surface area (Å²) in [7, 11) is 0. The Balaban J connectivity index is 2.25. The fraction of sp³-hybridized carbons (Fsp3) is 0.833. The summed E-state index contributed by atoms with van der Waals surface area (Å²) in [6, 6.07) is 0.199. The molecule has 0 spiro atoms. The van der Waals surface area contributed by atoms with E-state index >= 15 is 0 Å². The highest BCUT2D eigenvalue weighted by Gasteiger charge is 2.17. The summed E-state index contributed by atoms with van der Waals surface area (Å²) < 4.78 is 5.22. The van der Waals surface area contributed by atoms with Gasteiger partial charge in [0.1, 0.15) is 0 Å². The van der Waals surface area contributed by atoms with Crippen molar-refractivity contribution in [1.82, 2.24) is 10.2 Å². The zero-order valence-electron chi connectivity index (χ0n) is 10.9. The molecule has 0 atom stereocenters. The Morgan fingerprint density at radius 3 is 2.61 bits per heavy atom. The van der Waals surface area contributed by atoms with Crippen molar-refractivity contribution in [3.8, 4) is 0 Å². The number of carbonyl (C=O) groups is 2. The lowest BCUT2D eigenvalue weighted by atomic mass is 10.1. The molecule has 0 radical (unpaired) electrons. The quantitative estimate of drug-likeness (QED) is 0.676. The fourth-order valence-electron chi connectivity index (χ4n) is 1.92. The van der Waals surface area contributed by atoms with Gasteiger partial charge in [-0.3, -0.25) is 14.5 Å². The van der Waals surface area contributed by atoms with E-state index in [4.69, 9.17) is 9.84 Å². The van der Waals surface area contributed by atoms with Crippen molar-refractivity contribution in [3.05, 3.63) is 0 Å². The number of nitrogens with one attached hydrogen (secondary N) is 1. The molecule has 0 aromatic rings. The molecule has 0 bridgehead atoms. The number of likely N-dealkylation sites (N-methyl/N-ethyl adjacent to an activating group) is 1. The van der Waals surface area contributed by atoms with E-state index in [1.54, 1.807) is 0 Å². The van der Waals surface area contributed by atoms with Gasteiger partial charge in [-0.25, -0.2) is 0 Å². The second kappa shape index (κ2) is 8.05. The summed E-state index contributed by atoms with van der Waals surface area (Å²) in [5.74, 6) is -0.868. The maximum atomic E-state index is 11.8. The Hall–Kier alpha value is -1.14. The second-order valence-electron chi connectivity index (χ2n) is 4.47. The molecule has 0 aromatic heterocycles. The summed E-state index contributed by atoms with van der Waals surface area (Å²) in [5.41, 5.74) is 0. The van der Waals surface area contributed by atoms with Crippen LogP contribution in [0.15, 0.2) is 0 Å². The largest absolute Gasteiger partial charge is 0.481 e. The molecule has 0 aromatic carbocycles. The molecule has 1 rings (SSSR count). The molecule has 1 aliphatic heterocycles. The molecular weight excluding hydrogens is 236 g/mol. The lowest BCUT2D eigenvalue weighted by molar-refractivity contribution is -0.137. The van der Waals surface area contributed by atoms with E-state index < -0.39 is 5.97 Å². The molecule has 6 nitrogen and oxygen atoms in total. The molecule has 0 unspecified atom stereocenters. The predicted molar refractivity (Wildman–Crippen MR) is 66.4 cm³/mol. The number of amides is 1. The lowest BCUT2D eigenvalue weighted by Crippen LogP contribution is -2.44. The molecule has 104 valence electrons. The molecule has 1 amide bonds. The Kier molecular flexibility index (Phi) is 6.67. The maximum Gasteiger partial charge on any atom is 0.304 e. The van der Waals surface area contributed by atoms with Crippen LogP contribution in [0.4, 0.5) is 0 Å². The average Bonchev–Trinajstić information content (AvgIpc) is 2.35. The summed E-state index contributed by atoms with van der Waals surface area (Å²) in [5, 5.41) is 11.6. The zero-order chi connectivity index (χ0) is 13.4. The highest BCUT2D eigenvalue weighted by atomic mass is 16.5. The smallest absolute Gasteiger partial charge is 0.304 e. The van der Waals surface area contributed by atoms with Crippen molar-refractivity contribution >= 4 is 11.9 Å². The van der Waals surface area contributed by atoms with Gasteiger partial charge in [0.05, 0.1) is 13.0 Å². The van der Waals surface area contributed by atoms with E-state index in [0.717, 1.165) is 12.8 Å². The first kappa shape index (κ1) is 14.9. The van der Waals surface area contributed by atoms with Gasteiger partial charge in [0.15, 0.2) is 0 Å².